The molecule has 0 unspecified atom stereocenters. The first-order valence-corrected chi connectivity index (χ1v) is 6.67. The standard InChI is InChI=1S/C16H13N3O3/c20-14-13(9-12-7-4-8-17-12)15(21)19(16(22)18-14)10-11-5-2-1-3-6-11/h1-9,21H,10H2,(H,18,20,22)/b12-9+. The van der Waals surface area contributed by atoms with Crippen LogP contribution in [0, 0.1) is 0 Å². The Labute approximate surface area is 125 Å². The Bertz CT molecular complexity index is 888. The van der Waals surface area contributed by atoms with Crippen LogP contribution in [0.3, 0.4) is 0 Å². The monoisotopic (exact) mass is 295 g/mol. The zero-order valence-electron chi connectivity index (χ0n) is 11.6. The molecule has 0 saturated heterocycles. The van der Waals surface area contributed by atoms with Gasteiger partial charge in [-0.3, -0.25) is 19.3 Å². The number of aromatic amines is 1. The minimum Gasteiger partial charge on any atom is -0.494 e. The van der Waals surface area contributed by atoms with Crippen molar-refractivity contribution in [3.63, 3.8) is 0 Å². The summed E-state index contributed by atoms with van der Waals surface area (Å²) < 4.78 is 1.12. The molecule has 22 heavy (non-hydrogen) atoms. The molecule has 6 nitrogen and oxygen atoms in total. The van der Waals surface area contributed by atoms with Gasteiger partial charge in [0.2, 0.25) is 5.88 Å². The highest BCUT2D eigenvalue weighted by Gasteiger charge is 2.13. The van der Waals surface area contributed by atoms with Crippen molar-refractivity contribution in [1.82, 2.24) is 9.55 Å². The normalized spacial score (nSPS) is 14.8. The van der Waals surface area contributed by atoms with E-state index in [-0.39, 0.29) is 18.0 Å². The van der Waals surface area contributed by atoms with Gasteiger partial charge in [-0.2, -0.15) is 0 Å². The predicted molar refractivity (Wildman–Crippen MR) is 84.1 cm³/mol. The zero-order chi connectivity index (χ0) is 15.5. The third-order valence-corrected chi connectivity index (χ3v) is 3.26. The molecule has 1 aromatic carbocycles. The van der Waals surface area contributed by atoms with Crippen LogP contribution in [0.2, 0.25) is 0 Å². The fourth-order valence-electron chi connectivity index (χ4n) is 2.16. The predicted octanol–water partition coefficient (Wildman–Crippen LogP) is 1.27. The molecular formula is C16H13N3O3. The molecule has 2 N–H and O–H groups in total. The molecule has 0 spiro atoms. The molecule has 1 aromatic heterocycles. The van der Waals surface area contributed by atoms with Crippen LogP contribution in [0.25, 0.3) is 6.08 Å². The number of aromatic hydroxyl groups is 1. The van der Waals surface area contributed by atoms with Crippen molar-refractivity contribution in [2.24, 2.45) is 4.99 Å². The second kappa shape index (κ2) is 5.69. The molecular weight excluding hydrogens is 282 g/mol. The molecule has 0 aliphatic carbocycles. The third kappa shape index (κ3) is 2.67. The summed E-state index contributed by atoms with van der Waals surface area (Å²) in [7, 11) is 0. The van der Waals surface area contributed by atoms with Crippen LogP contribution in [0.1, 0.15) is 11.1 Å². The summed E-state index contributed by atoms with van der Waals surface area (Å²) in [6.07, 6.45) is 6.44. The van der Waals surface area contributed by atoms with Crippen LogP contribution in [-0.4, -0.2) is 20.9 Å². The van der Waals surface area contributed by atoms with E-state index in [1.165, 1.54) is 6.08 Å². The van der Waals surface area contributed by atoms with Crippen molar-refractivity contribution < 1.29 is 5.11 Å². The van der Waals surface area contributed by atoms with E-state index in [1.54, 1.807) is 18.4 Å². The van der Waals surface area contributed by atoms with E-state index in [0.717, 1.165) is 10.1 Å². The molecule has 3 rings (SSSR count). The van der Waals surface area contributed by atoms with Crippen molar-refractivity contribution >= 4 is 12.3 Å². The van der Waals surface area contributed by atoms with Crippen molar-refractivity contribution in [1.29, 1.82) is 0 Å². The van der Waals surface area contributed by atoms with E-state index in [2.05, 4.69) is 9.98 Å². The van der Waals surface area contributed by atoms with E-state index in [1.807, 2.05) is 30.3 Å². The molecule has 0 fully saturated rings. The van der Waals surface area contributed by atoms with Crippen LogP contribution in [0.15, 0.2) is 62.8 Å². The lowest BCUT2D eigenvalue weighted by molar-refractivity contribution is 0.408. The SMILES string of the molecule is O=c1[nH]c(=O)n(Cc2ccccc2)c(O)c1/C=C1\C=CC=N1. The highest BCUT2D eigenvalue weighted by Crippen LogP contribution is 2.17. The molecule has 0 atom stereocenters. The van der Waals surface area contributed by atoms with Crippen LogP contribution < -0.4 is 11.2 Å². The number of allylic oxidation sites excluding steroid dienone is 2. The first-order valence-electron chi connectivity index (χ1n) is 6.67. The number of rotatable bonds is 3. The fraction of sp³-hybridized carbons (Fsp3) is 0.0625. The van der Waals surface area contributed by atoms with Gasteiger partial charge in [-0.05, 0) is 23.8 Å². The Hall–Kier alpha value is -3.15. The lowest BCUT2D eigenvalue weighted by Gasteiger charge is -2.10. The van der Waals surface area contributed by atoms with Gasteiger partial charge in [-0.15, -0.1) is 0 Å². The Kier molecular flexibility index (Phi) is 3.57. The van der Waals surface area contributed by atoms with Gasteiger partial charge in [0.25, 0.3) is 5.56 Å². The van der Waals surface area contributed by atoms with Crippen LogP contribution in [-0.2, 0) is 6.54 Å². The lowest BCUT2D eigenvalue weighted by atomic mass is 10.2. The molecule has 0 radical (unpaired) electrons. The smallest absolute Gasteiger partial charge is 0.331 e. The Morgan fingerprint density at radius 2 is 2.00 bits per heavy atom. The van der Waals surface area contributed by atoms with E-state index in [0.29, 0.717) is 5.70 Å². The van der Waals surface area contributed by atoms with Gasteiger partial charge in [0, 0.05) is 6.21 Å². The summed E-state index contributed by atoms with van der Waals surface area (Å²) in [6.45, 7) is 0.164. The number of H-pyrrole nitrogens is 1. The van der Waals surface area contributed by atoms with Gasteiger partial charge < -0.3 is 5.11 Å². The Morgan fingerprint density at radius 3 is 2.68 bits per heavy atom. The largest absolute Gasteiger partial charge is 0.494 e. The minimum absolute atomic E-state index is 0.00855. The van der Waals surface area contributed by atoms with Gasteiger partial charge in [0.1, 0.15) is 5.56 Å². The number of nitrogens with zero attached hydrogens (tertiary/aromatic N) is 2. The maximum absolute atomic E-state index is 11.9. The lowest BCUT2D eigenvalue weighted by Crippen LogP contribution is -2.31. The zero-order valence-corrected chi connectivity index (χ0v) is 11.6. The maximum atomic E-state index is 11.9. The van der Waals surface area contributed by atoms with Crippen molar-refractivity contribution in [3.05, 3.63) is 80.1 Å². The van der Waals surface area contributed by atoms with Gasteiger partial charge in [0.15, 0.2) is 0 Å². The molecule has 1 aliphatic rings. The van der Waals surface area contributed by atoms with Crippen LogP contribution >= 0.6 is 0 Å². The van der Waals surface area contributed by atoms with Crippen LogP contribution in [0.5, 0.6) is 5.88 Å². The topological polar surface area (TPSA) is 87.5 Å². The quantitative estimate of drug-likeness (QED) is 0.894. The number of hydrogen-bond donors (Lipinski definition) is 2. The van der Waals surface area contributed by atoms with E-state index >= 15 is 0 Å². The number of hydrogen-bond acceptors (Lipinski definition) is 4. The number of nitrogens with one attached hydrogen (secondary N) is 1. The first kappa shape index (κ1) is 13.8. The highest BCUT2D eigenvalue weighted by atomic mass is 16.3. The molecule has 0 saturated carbocycles. The average Bonchev–Trinajstić information content (AvgIpc) is 3.02. The Balaban J connectivity index is 2.09. The molecule has 6 heteroatoms. The summed E-state index contributed by atoms with van der Waals surface area (Å²) in [5.41, 5.74) is 0.0815. The highest BCUT2D eigenvalue weighted by molar-refractivity contribution is 5.79. The van der Waals surface area contributed by atoms with Crippen molar-refractivity contribution in [2.75, 3.05) is 0 Å². The van der Waals surface area contributed by atoms with Gasteiger partial charge >= 0.3 is 5.69 Å². The molecule has 2 aromatic rings. The van der Waals surface area contributed by atoms with E-state index in [9.17, 15) is 14.7 Å². The molecule has 1 aliphatic heterocycles. The third-order valence-electron chi connectivity index (χ3n) is 3.26. The summed E-state index contributed by atoms with van der Waals surface area (Å²) in [4.78, 5) is 30.1. The van der Waals surface area contributed by atoms with Crippen molar-refractivity contribution in [3.8, 4) is 5.88 Å². The number of aromatic nitrogens is 2. The summed E-state index contributed by atoms with van der Waals surface area (Å²) in [5.74, 6) is -0.374. The van der Waals surface area contributed by atoms with Crippen molar-refractivity contribution in [2.45, 2.75) is 6.54 Å². The summed E-state index contributed by atoms with van der Waals surface area (Å²) >= 11 is 0. The molecule has 2 heterocycles. The number of benzene rings is 1. The first-order chi connectivity index (χ1) is 10.6. The Morgan fingerprint density at radius 1 is 1.23 bits per heavy atom. The van der Waals surface area contributed by atoms with Gasteiger partial charge in [-0.25, -0.2) is 4.79 Å². The number of aliphatic imine (C=N–C) groups is 1. The summed E-state index contributed by atoms with van der Waals surface area (Å²) in [5, 5.41) is 10.3. The molecule has 0 amide bonds. The minimum atomic E-state index is -0.654. The van der Waals surface area contributed by atoms with Gasteiger partial charge in [0.05, 0.1) is 12.2 Å². The average molecular weight is 295 g/mol. The fourth-order valence-corrected chi connectivity index (χ4v) is 2.16. The molecule has 0 bridgehead atoms. The van der Waals surface area contributed by atoms with Crippen LogP contribution in [0.4, 0.5) is 0 Å². The second-order valence-corrected chi connectivity index (χ2v) is 4.77. The van der Waals surface area contributed by atoms with E-state index in [4.69, 9.17) is 0 Å². The molecule has 110 valence electrons. The van der Waals surface area contributed by atoms with E-state index < -0.39 is 11.2 Å². The van der Waals surface area contributed by atoms with Gasteiger partial charge in [-0.1, -0.05) is 30.3 Å². The second-order valence-electron chi connectivity index (χ2n) is 4.77. The summed E-state index contributed by atoms with van der Waals surface area (Å²) in [6, 6.07) is 9.20. The maximum Gasteiger partial charge on any atom is 0.331 e.